The van der Waals surface area contributed by atoms with E-state index >= 15 is 0 Å². The maximum Gasteiger partial charge on any atom is 0.410 e. The van der Waals surface area contributed by atoms with Crippen LogP contribution in [0.3, 0.4) is 0 Å². The minimum Gasteiger partial charge on any atom is -0.444 e. The number of benzene rings is 1. The molecule has 2 aromatic rings. The summed E-state index contributed by atoms with van der Waals surface area (Å²) in [5.41, 5.74) is 2.85. The van der Waals surface area contributed by atoms with E-state index in [1.165, 1.54) is 0 Å². The van der Waals surface area contributed by atoms with Crippen LogP contribution >= 0.6 is 0 Å². The molecule has 25 heavy (non-hydrogen) atoms. The van der Waals surface area contributed by atoms with Gasteiger partial charge in [0.15, 0.2) is 0 Å². The SMILES string of the molecule is COCn1c2c(c3ccccc31)CN(C(=O)OC(C)(C)C)CC/C=C\2. The molecule has 5 nitrogen and oxygen atoms in total. The monoisotopic (exact) mass is 342 g/mol. The molecule has 0 saturated heterocycles. The molecule has 1 aliphatic rings. The second kappa shape index (κ2) is 6.92. The molecule has 1 aromatic heterocycles. The third-order valence-corrected chi connectivity index (χ3v) is 4.22. The molecule has 5 heteroatoms. The number of methoxy groups -OCH3 is 1. The lowest BCUT2D eigenvalue weighted by molar-refractivity contribution is 0.0237. The molecule has 3 rings (SSSR count). The zero-order chi connectivity index (χ0) is 18.0. The van der Waals surface area contributed by atoms with Crippen LogP contribution in [-0.2, 0) is 22.7 Å². The molecule has 0 unspecified atom stereocenters. The maximum absolute atomic E-state index is 12.6. The van der Waals surface area contributed by atoms with Gasteiger partial charge in [-0.1, -0.05) is 24.3 Å². The van der Waals surface area contributed by atoms with Gasteiger partial charge < -0.3 is 18.9 Å². The highest BCUT2D eigenvalue weighted by Gasteiger charge is 2.25. The fourth-order valence-electron chi connectivity index (χ4n) is 3.20. The molecular weight excluding hydrogens is 316 g/mol. The number of ether oxygens (including phenoxy) is 2. The molecule has 0 bridgehead atoms. The zero-order valence-corrected chi connectivity index (χ0v) is 15.4. The first-order valence-electron chi connectivity index (χ1n) is 8.64. The van der Waals surface area contributed by atoms with Gasteiger partial charge in [-0.25, -0.2) is 4.79 Å². The molecule has 0 atom stereocenters. The van der Waals surface area contributed by atoms with Crippen LogP contribution in [0.4, 0.5) is 4.79 Å². The minimum atomic E-state index is -0.498. The fraction of sp³-hybridized carbons (Fsp3) is 0.450. The maximum atomic E-state index is 12.6. The van der Waals surface area contributed by atoms with Crippen molar-refractivity contribution >= 4 is 23.1 Å². The van der Waals surface area contributed by atoms with Crippen LogP contribution < -0.4 is 0 Å². The van der Waals surface area contributed by atoms with Crippen LogP contribution in [0.15, 0.2) is 30.3 Å². The van der Waals surface area contributed by atoms with Gasteiger partial charge in [0.1, 0.15) is 12.3 Å². The Bertz CT molecular complexity index is 799. The van der Waals surface area contributed by atoms with Crippen molar-refractivity contribution in [1.82, 2.24) is 9.47 Å². The Morgan fingerprint density at radius 3 is 2.72 bits per heavy atom. The summed E-state index contributed by atoms with van der Waals surface area (Å²) >= 11 is 0. The normalized spacial score (nSPS) is 16.2. The minimum absolute atomic E-state index is 0.266. The number of fused-ring (bicyclic) bond motifs is 3. The van der Waals surface area contributed by atoms with Crippen LogP contribution in [-0.4, -0.2) is 34.8 Å². The van der Waals surface area contributed by atoms with Crippen LogP contribution in [0.25, 0.3) is 17.0 Å². The van der Waals surface area contributed by atoms with Crippen LogP contribution in [0.1, 0.15) is 38.4 Å². The van der Waals surface area contributed by atoms with E-state index in [9.17, 15) is 4.79 Å². The fourth-order valence-corrected chi connectivity index (χ4v) is 3.20. The smallest absolute Gasteiger partial charge is 0.410 e. The average Bonchev–Trinajstić information content (AvgIpc) is 2.78. The van der Waals surface area contributed by atoms with Gasteiger partial charge in [0.25, 0.3) is 0 Å². The van der Waals surface area contributed by atoms with Gasteiger partial charge >= 0.3 is 6.09 Å². The highest BCUT2D eigenvalue weighted by molar-refractivity contribution is 5.88. The molecule has 0 aliphatic carbocycles. The standard InChI is InChI=1S/C20H26N2O3/c1-20(2,3)25-19(23)21-12-8-7-11-18-16(13-21)15-9-5-6-10-17(15)22(18)14-24-4/h5-7,9-11H,8,12-14H2,1-4H3/b11-7-. The summed E-state index contributed by atoms with van der Waals surface area (Å²) in [6.07, 6.45) is 4.78. The number of hydrogen-bond acceptors (Lipinski definition) is 3. The summed E-state index contributed by atoms with van der Waals surface area (Å²) in [7, 11) is 1.70. The molecule has 0 radical (unpaired) electrons. The van der Waals surface area contributed by atoms with Crippen molar-refractivity contribution in [3.8, 4) is 0 Å². The molecule has 0 N–H and O–H groups in total. The number of carbonyl (C=O) groups excluding carboxylic acids is 1. The Morgan fingerprint density at radius 2 is 2.00 bits per heavy atom. The quantitative estimate of drug-likeness (QED) is 0.812. The first-order chi connectivity index (χ1) is 11.9. The number of nitrogens with zero attached hydrogens (tertiary/aromatic N) is 2. The second-order valence-corrected chi connectivity index (χ2v) is 7.32. The van der Waals surface area contributed by atoms with Crippen molar-refractivity contribution in [1.29, 1.82) is 0 Å². The zero-order valence-electron chi connectivity index (χ0n) is 15.4. The van der Waals surface area contributed by atoms with Crippen molar-refractivity contribution in [2.75, 3.05) is 13.7 Å². The lowest BCUT2D eigenvalue weighted by Crippen LogP contribution is -2.37. The first kappa shape index (κ1) is 17.5. The van der Waals surface area contributed by atoms with Crippen LogP contribution in [0.2, 0.25) is 0 Å². The number of para-hydroxylation sites is 1. The van der Waals surface area contributed by atoms with E-state index in [1.54, 1.807) is 12.0 Å². The number of aromatic nitrogens is 1. The van der Waals surface area contributed by atoms with E-state index in [0.29, 0.717) is 19.8 Å². The summed E-state index contributed by atoms with van der Waals surface area (Å²) in [5, 5.41) is 1.15. The Morgan fingerprint density at radius 1 is 1.24 bits per heavy atom. The Hall–Kier alpha value is -2.27. The van der Waals surface area contributed by atoms with Crippen molar-refractivity contribution in [2.45, 2.75) is 46.1 Å². The van der Waals surface area contributed by atoms with E-state index in [0.717, 1.165) is 28.6 Å². The van der Waals surface area contributed by atoms with Gasteiger partial charge in [-0.05, 0) is 39.3 Å². The third kappa shape index (κ3) is 3.71. The molecular formula is C20H26N2O3. The molecule has 134 valence electrons. The van der Waals surface area contributed by atoms with Gasteiger partial charge in [0.2, 0.25) is 0 Å². The van der Waals surface area contributed by atoms with Gasteiger partial charge in [0.05, 0.1) is 12.1 Å². The predicted octanol–water partition coefficient (Wildman–Crippen LogP) is 4.40. The highest BCUT2D eigenvalue weighted by atomic mass is 16.6. The summed E-state index contributed by atoms with van der Waals surface area (Å²) in [6, 6.07) is 8.24. The average molecular weight is 342 g/mol. The van der Waals surface area contributed by atoms with Crippen molar-refractivity contribution in [3.05, 3.63) is 41.6 Å². The van der Waals surface area contributed by atoms with Crippen molar-refractivity contribution in [2.24, 2.45) is 0 Å². The van der Waals surface area contributed by atoms with E-state index in [2.05, 4.69) is 28.9 Å². The Kier molecular flexibility index (Phi) is 4.86. The number of amides is 1. The van der Waals surface area contributed by atoms with Crippen molar-refractivity contribution < 1.29 is 14.3 Å². The third-order valence-electron chi connectivity index (χ3n) is 4.22. The summed E-state index contributed by atoms with van der Waals surface area (Å²) in [4.78, 5) is 14.4. The largest absolute Gasteiger partial charge is 0.444 e. The topological polar surface area (TPSA) is 43.7 Å². The Labute approximate surface area is 148 Å². The Balaban J connectivity index is 2.04. The summed E-state index contributed by atoms with van der Waals surface area (Å²) < 4.78 is 13.1. The van der Waals surface area contributed by atoms with Gasteiger partial charge in [-0.15, -0.1) is 0 Å². The van der Waals surface area contributed by atoms with Crippen LogP contribution in [0, 0.1) is 0 Å². The molecule has 0 fully saturated rings. The highest BCUT2D eigenvalue weighted by Crippen LogP contribution is 2.30. The second-order valence-electron chi connectivity index (χ2n) is 7.32. The molecule has 0 spiro atoms. The van der Waals surface area contributed by atoms with E-state index in [4.69, 9.17) is 9.47 Å². The number of carbonyl (C=O) groups is 1. The summed E-state index contributed by atoms with van der Waals surface area (Å²) in [6.45, 7) is 7.34. The van der Waals surface area contributed by atoms with E-state index < -0.39 is 5.60 Å². The first-order valence-corrected chi connectivity index (χ1v) is 8.64. The molecule has 1 aliphatic heterocycles. The summed E-state index contributed by atoms with van der Waals surface area (Å²) in [5.74, 6) is 0. The van der Waals surface area contributed by atoms with E-state index in [-0.39, 0.29) is 6.09 Å². The lowest BCUT2D eigenvalue weighted by atomic mass is 10.1. The molecule has 2 heterocycles. The number of rotatable bonds is 2. The van der Waals surface area contributed by atoms with Gasteiger partial charge in [0, 0.05) is 30.3 Å². The van der Waals surface area contributed by atoms with Crippen molar-refractivity contribution in [3.63, 3.8) is 0 Å². The van der Waals surface area contributed by atoms with Crippen LogP contribution in [0.5, 0.6) is 0 Å². The van der Waals surface area contributed by atoms with Gasteiger partial charge in [-0.2, -0.15) is 0 Å². The van der Waals surface area contributed by atoms with E-state index in [1.807, 2.05) is 32.9 Å². The van der Waals surface area contributed by atoms with Gasteiger partial charge in [-0.3, -0.25) is 0 Å². The lowest BCUT2D eigenvalue weighted by Gasteiger charge is -2.28. The number of hydrogen-bond donors (Lipinski definition) is 0. The molecule has 0 saturated carbocycles. The molecule has 1 amide bonds. The predicted molar refractivity (Wildman–Crippen MR) is 99.2 cm³/mol. The molecule has 1 aromatic carbocycles.